The maximum Gasteiger partial charge on any atom is 0.251 e. The molecule has 6 heteroatoms. The summed E-state index contributed by atoms with van der Waals surface area (Å²) in [6.07, 6.45) is 0. The molecule has 4 nitrogen and oxygen atoms in total. The molecule has 1 aliphatic rings. The minimum absolute atomic E-state index is 0. The number of carbonyl (C=O) groups excluding carboxylic acids is 1. The Morgan fingerprint density at radius 1 is 1.04 bits per heavy atom. The number of carbonyl (C=O) groups is 1. The van der Waals surface area contributed by atoms with E-state index in [9.17, 15) is 4.79 Å². The summed E-state index contributed by atoms with van der Waals surface area (Å²) < 4.78 is 0. The van der Waals surface area contributed by atoms with Crippen molar-refractivity contribution >= 4 is 30.7 Å². The highest BCUT2D eigenvalue weighted by Gasteiger charge is 2.11. The summed E-state index contributed by atoms with van der Waals surface area (Å²) in [6, 6.07) is 14.2. The molecule has 25 heavy (non-hydrogen) atoms. The van der Waals surface area contributed by atoms with E-state index in [1.165, 1.54) is 11.1 Å². The van der Waals surface area contributed by atoms with Gasteiger partial charge in [0.1, 0.15) is 0 Å². The zero-order valence-corrected chi connectivity index (χ0v) is 16.2. The van der Waals surface area contributed by atoms with Crippen molar-refractivity contribution < 1.29 is 4.79 Å². The normalized spacial score (nSPS) is 12.1. The molecule has 2 N–H and O–H groups in total. The van der Waals surface area contributed by atoms with Gasteiger partial charge in [0.2, 0.25) is 0 Å². The standard InChI is InChI=1S/C19H23N3O.2ClH/c1-22(2)13-15-4-3-5-16(9-15)19(23)21-10-14-6-7-17-11-20-12-18(17)8-14;;/h3-9,20H,10-13H2,1-2H3,(H,21,23);2*1H. The molecule has 136 valence electrons. The summed E-state index contributed by atoms with van der Waals surface area (Å²) in [4.78, 5) is 14.4. The Labute approximate surface area is 161 Å². The van der Waals surface area contributed by atoms with E-state index in [4.69, 9.17) is 0 Å². The van der Waals surface area contributed by atoms with Gasteiger partial charge >= 0.3 is 0 Å². The van der Waals surface area contributed by atoms with Crippen molar-refractivity contribution in [3.05, 3.63) is 70.3 Å². The first kappa shape index (κ1) is 21.5. The quantitative estimate of drug-likeness (QED) is 0.835. The maximum absolute atomic E-state index is 12.4. The van der Waals surface area contributed by atoms with E-state index in [1.807, 2.05) is 38.4 Å². The van der Waals surface area contributed by atoms with Crippen LogP contribution in [-0.4, -0.2) is 24.9 Å². The number of nitrogens with one attached hydrogen (secondary N) is 2. The minimum atomic E-state index is -0.0239. The fraction of sp³-hybridized carbons (Fsp3) is 0.316. The summed E-state index contributed by atoms with van der Waals surface area (Å²) in [5.74, 6) is -0.0239. The molecule has 3 rings (SSSR count). The zero-order valence-electron chi connectivity index (χ0n) is 14.5. The molecule has 0 aromatic heterocycles. The average Bonchev–Trinajstić information content (AvgIpc) is 3.00. The second kappa shape index (κ2) is 9.78. The van der Waals surface area contributed by atoms with Gasteiger partial charge in [0.05, 0.1) is 0 Å². The number of hydrogen-bond donors (Lipinski definition) is 2. The van der Waals surface area contributed by atoms with Gasteiger partial charge in [-0.05, 0) is 48.5 Å². The Morgan fingerprint density at radius 3 is 2.56 bits per heavy atom. The highest BCUT2D eigenvalue weighted by Crippen LogP contribution is 2.17. The summed E-state index contributed by atoms with van der Waals surface area (Å²) >= 11 is 0. The Morgan fingerprint density at radius 2 is 1.80 bits per heavy atom. The monoisotopic (exact) mass is 381 g/mol. The molecule has 2 aromatic carbocycles. The predicted molar refractivity (Wildman–Crippen MR) is 106 cm³/mol. The van der Waals surface area contributed by atoms with Gasteiger partial charge in [-0.3, -0.25) is 4.79 Å². The van der Waals surface area contributed by atoms with Crippen LogP contribution in [0.1, 0.15) is 32.6 Å². The Balaban J connectivity index is 0.00000156. The zero-order chi connectivity index (χ0) is 16.2. The molecule has 0 aliphatic carbocycles. The second-order valence-corrected chi connectivity index (χ2v) is 6.33. The van der Waals surface area contributed by atoms with Gasteiger partial charge in [-0.15, -0.1) is 24.8 Å². The van der Waals surface area contributed by atoms with Crippen LogP contribution in [-0.2, 0) is 26.2 Å². The minimum Gasteiger partial charge on any atom is -0.348 e. The predicted octanol–water partition coefficient (Wildman–Crippen LogP) is 3.13. The first-order chi connectivity index (χ1) is 11.1. The lowest BCUT2D eigenvalue weighted by Gasteiger charge is -2.11. The lowest BCUT2D eigenvalue weighted by molar-refractivity contribution is 0.0950. The van der Waals surface area contributed by atoms with E-state index >= 15 is 0 Å². The third-order valence-corrected chi connectivity index (χ3v) is 4.04. The first-order valence-corrected chi connectivity index (χ1v) is 7.95. The molecular weight excluding hydrogens is 357 g/mol. The number of amides is 1. The van der Waals surface area contributed by atoms with Crippen LogP contribution in [0.2, 0.25) is 0 Å². The van der Waals surface area contributed by atoms with Gasteiger partial charge in [-0.25, -0.2) is 0 Å². The van der Waals surface area contributed by atoms with Crippen LogP contribution in [0.4, 0.5) is 0 Å². The molecule has 0 fully saturated rings. The lowest BCUT2D eigenvalue weighted by Crippen LogP contribution is -2.23. The molecule has 0 radical (unpaired) electrons. The lowest BCUT2D eigenvalue weighted by atomic mass is 10.1. The number of fused-ring (bicyclic) bond motifs is 1. The largest absolute Gasteiger partial charge is 0.348 e. The summed E-state index contributed by atoms with van der Waals surface area (Å²) in [5.41, 5.74) is 5.70. The van der Waals surface area contributed by atoms with Gasteiger partial charge in [0.15, 0.2) is 0 Å². The molecule has 1 aliphatic heterocycles. The summed E-state index contributed by atoms with van der Waals surface area (Å²) in [7, 11) is 4.05. The molecule has 0 saturated carbocycles. The molecule has 0 spiro atoms. The maximum atomic E-state index is 12.4. The Kier molecular flexibility index (Phi) is 8.39. The number of nitrogens with zero attached hydrogens (tertiary/aromatic N) is 1. The van der Waals surface area contributed by atoms with Gasteiger partial charge in [0.25, 0.3) is 5.91 Å². The van der Waals surface area contributed by atoms with Crippen molar-refractivity contribution in [3.8, 4) is 0 Å². The number of benzene rings is 2. The molecular formula is C19H25Cl2N3O. The molecule has 1 amide bonds. The second-order valence-electron chi connectivity index (χ2n) is 6.33. The Bertz CT molecular complexity index is 720. The van der Waals surface area contributed by atoms with Crippen LogP contribution in [0.3, 0.4) is 0 Å². The molecule has 0 unspecified atom stereocenters. The third-order valence-electron chi connectivity index (χ3n) is 4.04. The average molecular weight is 382 g/mol. The van der Waals surface area contributed by atoms with Crippen LogP contribution in [0.15, 0.2) is 42.5 Å². The van der Waals surface area contributed by atoms with E-state index in [0.717, 1.165) is 30.8 Å². The smallest absolute Gasteiger partial charge is 0.251 e. The number of hydrogen-bond acceptors (Lipinski definition) is 3. The van der Waals surface area contributed by atoms with E-state index in [0.29, 0.717) is 12.1 Å². The highest BCUT2D eigenvalue weighted by atomic mass is 35.5. The molecule has 0 saturated heterocycles. The van der Waals surface area contributed by atoms with Crippen molar-refractivity contribution in [2.24, 2.45) is 0 Å². The highest BCUT2D eigenvalue weighted by molar-refractivity contribution is 5.94. The summed E-state index contributed by atoms with van der Waals surface area (Å²) in [6.45, 7) is 3.26. The third kappa shape index (κ3) is 5.72. The first-order valence-electron chi connectivity index (χ1n) is 7.95. The van der Waals surface area contributed by atoms with Gasteiger partial charge < -0.3 is 15.5 Å². The van der Waals surface area contributed by atoms with Crippen LogP contribution in [0.5, 0.6) is 0 Å². The number of halogens is 2. The van der Waals surface area contributed by atoms with E-state index < -0.39 is 0 Å². The van der Waals surface area contributed by atoms with Crippen LogP contribution in [0, 0.1) is 0 Å². The van der Waals surface area contributed by atoms with Crippen molar-refractivity contribution in [1.82, 2.24) is 15.5 Å². The van der Waals surface area contributed by atoms with Gasteiger partial charge in [0, 0.05) is 31.7 Å². The van der Waals surface area contributed by atoms with E-state index in [1.54, 1.807) is 0 Å². The number of rotatable bonds is 5. The van der Waals surface area contributed by atoms with Crippen molar-refractivity contribution in [2.75, 3.05) is 14.1 Å². The molecule has 0 bridgehead atoms. The molecule has 0 atom stereocenters. The van der Waals surface area contributed by atoms with Gasteiger partial charge in [-0.1, -0.05) is 30.3 Å². The SMILES string of the molecule is CN(C)Cc1cccc(C(=O)NCc2ccc3c(c2)CNC3)c1.Cl.Cl. The summed E-state index contributed by atoms with van der Waals surface area (Å²) in [5, 5.41) is 6.35. The molecule has 1 heterocycles. The fourth-order valence-electron chi connectivity index (χ4n) is 2.92. The van der Waals surface area contributed by atoms with E-state index in [2.05, 4.69) is 33.7 Å². The van der Waals surface area contributed by atoms with Crippen LogP contribution < -0.4 is 10.6 Å². The van der Waals surface area contributed by atoms with Crippen LogP contribution in [0.25, 0.3) is 0 Å². The van der Waals surface area contributed by atoms with E-state index in [-0.39, 0.29) is 30.7 Å². The van der Waals surface area contributed by atoms with Crippen molar-refractivity contribution in [1.29, 1.82) is 0 Å². The topological polar surface area (TPSA) is 44.4 Å². The fourth-order valence-corrected chi connectivity index (χ4v) is 2.92. The van der Waals surface area contributed by atoms with Crippen LogP contribution >= 0.6 is 24.8 Å². The Hall–Kier alpha value is -1.59. The molecule has 2 aromatic rings. The van der Waals surface area contributed by atoms with Crippen molar-refractivity contribution in [2.45, 2.75) is 26.2 Å². The van der Waals surface area contributed by atoms with Crippen molar-refractivity contribution in [3.63, 3.8) is 0 Å². The van der Waals surface area contributed by atoms with Gasteiger partial charge in [-0.2, -0.15) is 0 Å².